The van der Waals surface area contributed by atoms with E-state index in [9.17, 15) is 16.8 Å². The highest BCUT2D eigenvalue weighted by atomic mass is 35.5. The van der Waals surface area contributed by atoms with Gasteiger partial charge in [0, 0.05) is 0 Å². The summed E-state index contributed by atoms with van der Waals surface area (Å²) in [7, 11) is -6.62. The van der Waals surface area contributed by atoms with Crippen molar-refractivity contribution in [2.45, 2.75) is 29.1 Å². The summed E-state index contributed by atoms with van der Waals surface area (Å²) < 4.78 is 61.9. The number of aryl methyl sites for hydroxylation is 2. The van der Waals surface area contributed by atoms with Gasteiger partial charge in [-0.3, -0.25) is 9.44 Å². The smallest absolute Gasteiger partial charge is 0.262 e. The van der Waals surface area contributed by atoms with E-state index in [1.165, 1.54) is 31.4 Å². The summed E-state index contributed by atoms with van der Waals surface area (Å²) in [5.74, 6) is 0.187. The molecule has 0 saturated heterocycles. The zero-order valence-electron chi connectivity index (χ0n) is 17.1. The maximum absolute atomic E-state index is 13.0. The largest absolute Gasteiger partial charge is 0.495 e. The fourth-order valence-electron chi connectivity index (χ4n) is 3.60. The molecule has 0 aliphatic heterocycles. The third-order valence-electron chi connectivity index (χ3n) is 5.22. The first-order chi connectivity index (χ1) is 15.2. The topological polar surface area (TPSA) is 102 Å². The van der Waals surface area contributed by atoms with Gasteiger partial charge in [0.1, 0.15) is 5.75 Å². The fraction of sp³-hybridized carbons (Fsp3) is 0.182. The lowest BCUT2D eigenvalue weighted by atomic mass is 10.1. The maximum Gasteiger partial charge on any atom is 0.262 e. The minimum atomic E-state index is -4.04. The Balaban J connectivity index is 1.67. The van der Waals surface area contributed by atoms with Crippen LogP contribution in [0.4, 0.5) is 11.4 Å². The van der Waals surface area contributed by atoms with Crippen molar-refractivity contribution in [2.75, 3.05) is 16.6 Å². The van der Waals surface area contributed by atoms with Crippen LogP contribution in [0.2, 0.25) is 5.02 Å². The van der Waals surface area contributed by atoms with Gasteiger partial charge in [-0.25, -0.2) is 16.8 Å². The first kappa shape index (κ1) is 22.4. The third-order valence-corrected chi connectivity index (χ3v) is 8.28. The van der Waals surface area contributed by atoms with E-state index in [1.54, 1.807) is 30.3 Å². The van der Waals surface area contributed by atoms with Gasteiger partial charge in [-0.2, -0.15) is 0 Å². The van der Waals surface area contributed by atoms with Gasteiger partial charge in [0.2, 0.25) is 0 Å². The van der Waals surface area contributed by atoms with E-state index < -0.39 is 20.0 Å². The van der Waals surface area contributed by atoms with Crippen molar-refractivity contribution < 1.29 is 21.6 Å². The van der Waals surface area contributed by atoms with Crippen molar-refractivity contribution in [3.8, 4) is 5.75 Å². The molecule has 7 nitrogen and oxygen atoms in total. The number of hydrogen-bond donors (Lipinski definition) is 2. The third kappa shape index (κ3) is 4.55. The quantitative estimate of drug-likeness (QED) is 0.507. The Labute approximate surface area is 192 Å². The van der Waals surface area contributed by atoms with Crippen molar-refractivity contribution >= 4 is 43.0 Å². The Bertz CT molecular complexity index is 1390. The van der Waals surface area contributed by atoms with Crippen molar-refractivity contribution in [1.29, 1.82) is 0 Å². The van der Waals surface area contributed by atoms with E-state index in [2.05, 4.69) is 9.44 Å². The average molecular weight is 493 g/mol. The Morgan fingerprint density at radius 3 is 2.12 bits per heavy atom. The number of fused-ring (bicyclic) bond motifs is 1. The molecule has 0 saturated carbocycles. The number of benzene rings is 3. The van der Waals surface area contributed by atoms with Gasteiger partial charge in [-0.05, 0) is 72.9 Å². The molecule has 0 atom stereocenters. The van der Waals surface area contributed by atoms with Gasteiger partial charge < -0.3 is 4.74 Å². The predicted octanol–water partition coefficient (Wildman–Crippen LogP) is 4.44. The second kappa shape index (κ2) is 8.65. The molecule has 0 amide bonds. The van der Waals surface area contributed by atoms with Crippen LogP contribution in [0.3, 0.4) is 0 Å². The maximum atomic E-state index is 13.0. The van der Waals surface area contributed by atoms with Gasteiger partial charge >= 0.3 is 0 Å². The molecule has 3 aromatic carbocycles. The highest BCUT2D eigenvalue weighted by molar-refractivity contribution is 7.93. The summed E-state index contributed by atoms with van der Waals surface area (Å²) in [6.45, 7) is 0. The van der Waals surface area contributed by atoms with E-state index in [-0.39, 0.29) is 31.9 Å². The Kier molecular flexibility index (Phi) is 6.07. The van der Waals surface area contributed by atoms with Crippen molar-refractivity contribution in [3.05, 3.63) is 76.8 Å². The molecule has 0 radical (unpaired) electrons. The van der Waals surface area contributed by atoms with Crippen molar-refractivity contribution in [3.63, 3.8) is 0 Å². The minimum absolute atomic E-state index is 0.00929. The molecule has 10 heteroatoms. The van der Waals surface area contributed by atoms with Crippen LogP contribution in [0.5, 0.6) is 5.75 Å². The first-order valence-electron chi connectivity index (χ1n) is 9.80. The van der Waals surface area contributed by atoms with Gasteiger partial charge in [-0.1, -0.05) is 29.8 Å². The molecule has 4 rings (SSSR count). The number of para-hydroxylation sites is 1. The highest BCUT2D eigenvalue weighted by Gasteiger charge is 2.23. The monoisotopic (exact) mass is 492 g/mol. The van der Waals surface area contributed by atoms with Gasteiger partial charge in [0.05, 0.1) is 33.3 Å². The summed E-state index contributed by atoms with van der Waals surface area (Å²) in [5.41, 5.74) is 2.39. The van der Waals surface area contributed by atoms with Gasteiger partial charge in [0.25, 0.3) is 20.0 Å². The Morgan fingerprint density at radius 2 is 1.41 bits per heavy atom. The average Bonchev–Trinajstić information content (AvgIpc) is 3.23. The summed E-state index contributed by atoms with van der Waals surface area (Å²) in [4.78, 5) is -0.0347. The van der Waals surface area contributed by atoms with E-state index in [4.69, 9.17) is 16.3 Å². The number of halogens is 1. The lowest BCUT2D eigenvalue weighted by Gasteiger charge is -2.15. The van der Waals surface area contributed by atoms with Crippen LogP contribution in [0.25, 0.3) is 0 Å². The summed E-state index contributed by atoms with van der Waals surface area (Å²) in [6, 6.07) is 15.4. The molecule has 0 bridgehead atoms. The second-order valence-corrected chi connectivity index (χ2v) is 11.1. The van der Waals surface area contributed by atoms with Crippen LogP contribution in [0.15, 0.2) is 70.5 Å². The minimum Gasteiger partial charge on any atom is -0.495 e. The number of anilines is 2. The molecule has 1 aliphatic rings. The predicted molar refractivity (Wildman–Crippen MR) is 125 cm³/mol. The van der Waals surface area contributed by atoms with Crippen LogP contribution in [-0.2, 0) is 32.9 Å². The molecule has 0 aromatic heterocycles. The molecular weight excluding hydrogens is 472 g/mol. The normalized spacial score (nSPS) is 13.4. The zero-order valence-corrected chi connectivity index (χ0v) is 19.5. The molecule has 0 spiro atoms. The number of rotatable bonds is 7. The molecule has 2 N–H and O–H groups in total. The summed E-state index contributed by atoms with van der Waals surface area (Å²) in [6.07, 6.45) is 2.77. The molecule has 3 aromatic rings. The molecule has 1 aliphatic carbocycles. The summed E-state index contributed by atoms with van der Waals surface area (Å²) >= 11 is 6.05. The summed E-state index contributed by atoms with van der Waals surface area (Å²) in [5, 5.41) is 0.238. The molecule has 32 heavy (non-hydrogen) atoms. The lowest BCUT2D eigenvalue weighted by Crippen LogP contribution is -2.16. The molecule has 0 unspecified atom stereocenters. The van der Waals surface area contributed by atoms with Crippen LogP contribution >= 0.6 is 11.6 Å². The highest BCUT2D eigenvalue weighted by Crippen LogP contribution is 2.32. The number of methoxy groups -OCH3 is 1. The van der Waals surface area contributed by atoms with Crippen molar-refractivity contribution in [1.82, 2.24) is 0 Å². The second-order valence-electron chi connectivity index (χ2n) is 7.34. The van der Waals surface area contributed by atoms with E-state index in [0.29, 0.717) is 0 Å². The van der Waals surface area contributed by atoms with E-state index in [0.717, 1.165) is 30.4 Å². The Morgan fingerprint density at radius 1 is 0.781 bits per heavy atom. The lowest BCUT2D eigenvalue weighted by molar-refractivity contribution is 0.416. The van der Waals surface area contributed by atoms with Gasteiger partial charge in [-0.15, -0.1) is 0 Å². The number of sulfonamides is 2. The first-order valence-corrected chi connectivity index (χ1v) is 13.1. The standard InChI is InChI=1S/C22H21ClN2O5S2/c1-30-22-12-11-18(32(28,29)24-20-8-3-2-7-19(20)23)14-21(22)25-31(26,27)17-10-9-15-5-4-6-16(15)13-17/h2-3,7-14,24-25H,4-6H2,1H3. The van der Waals surface area contributed by atoms with Crippen LogP contribution in [-0.4, -0.2) is 23.9 Å². The van der Waals surface area contributed by atoms with Gasteiger partial charge in [0.15, 0.2) is 0 Å². The van der Waals surface area contributed by atoms with Crippen molar-refractivity contribution in [2.24, 2.45) is 0 Å². The molecule has 168 valence electrons. The number of nitrogens with one attached hydrogen (secondary N) is 2. The molecule has 0 fully saturated rings. The van der Waals surface area contributed by atoms with E-state index >= 15 is 0 Å². The SMILES string of the molecule is COc1ccc(S(=O)(=O)Nc2ccccc2Cl)cc1NS(=O)(=O)c1ccc2c(c1)CCC2. The Hall–Kier alpha value is -2.75. The van der Waals surface area contributed by atoms with Crippen LogP contribution < -0.4 is 14.2 Å². The van der Waals surface area contributed by atoms with Crippen LogP contribution in [0.1, 0.15) is 17.5 Å². The number of ether oxygens (including phenoxy) is 1. The molecular formula is C22H21ClN2O5S2. The molecule has 0 heterocycles. The van der Waals surface area contributed by atoms with Crippen LogP contribution in [0, 0.1) is 0 Å². The number of hydrogen-bond acceptors (Lipinski definition) is 5. The fourth-order valence-corrected chi connectivity index (χ4v) is 6.06. The van der Waals surface area contributed by atoms with E-state index in [1.807, 2.05) is 6.07 Å². The zero-order chi connectivity index (χ0) is 22.9.